The molecule has 0 saturated heterocycles. The molecule has 2 nitrogen and oxygen atoms in total. The van der Waals surface area contributed by atoms with Crippen molar-refractivity contribution in [2.45, 2.75) is 98.3 Å². The van der Waals surface area contributed by atoms with E-state index < -0.39 is 0 Å². The van der Waals surface area contributed by atoms with Gasteiger partial charge in [0, 0.05) is 17.0 Å². The maximum Gasteiger partial charge on any atom is 0.109 e. The number of aromatic amines is 1. The lowest BCUT2D eigenvalue weighted by molar-refractivity contribution is 0.432. The molecule has 0 aliphatic rings. The lowest BCUT2D eigenvalue weighted by atomic mass is 9.81. The molecule has 122 valence electrons. The molecule has 21 heavy (non-hydrogen) atoms. The molecule has 1 atom stereocenters. The summed E-state index contributed by atoms with van der Waals surface area (Å²) in [7, 11) is 0. The van der Waals surface area contributed by atoms with Crippen molar-refractivity contribution in [3.8, 4) is 0 Å². The van der Waals surface area contributed by atoms with Gasteiger partial charge in [0.25, 0.3) is 0 Å². The molecule has 0 spiro atoms. The van der Waals surface area contributed by atoms with Gasteiger partial charge >= 0.3 is 0 Å². The van der Waals surface area contributed by atoms with Gasteiger partial charge in [0.15, 0.2) is 0 Å². The third-order valence-electron chi connectivity index (χ3n) is 4.81. The summed E-state index contributed by atoms with van der Waals surface area (Å²) in [5, 5.41) is 0. The molecule has 0 bridgehead atoms. The zero-order chi connectivity index (χ0) is 16.2. The zero-order valence-corrected chi connectivity index (χ0v) is 15.5. The average Bonchev–Trinajstić information content (AvgIpc) is 2.83. The van der Waals surface area contributed by atoms with E-state index in [2.05, 4.69) is 60.4 Å². The Balaban J connectivity index is 3.09. The third-order valence-corrected chi connectivity index (χ3v) is 4.81. The summed E-state index contributed by atoms with van der Waals surface area (Å²) in [6.07, 6.45) is 5.12. The lowest BCUT2D eigenvalue weighted by Gasteiger charge is -2.25. The second-order valence-electron chi connectivity index (χ2n) is 7.91. The van der Waals surface area contributed by atoms with Crippen LogP contribution in [0.25, 0.3) is 0 Å². The van der Waals surface area contributed by atoms with Gasteiger partial charge in [-0.2, -0.15) is 0 Å². The van der Waals surface area contributed by atoms with Crippen molar-refractivity contribution in [2.75, 3.05) is 0 Å². The maximum absolute atomic E-state index is 5.05. The fourth-order valence-corrected chi connectivity index (χ4v) is 2.81. The zero-order valence-electron chi connectivity index (χ0n) is 15.5. The molecule has 0 fully saturated rings. The van der Waals surface area contributed by atoms with Crippen LogP contribution in [0.2, 0.25) is 0 Å². The van der Waals surface area contributed by atoms with Crippen LogP contribution >= 0.6 is 0 Å². The highest BCUT2D eigenvalue weighted by Crippen LogP contribution is 2.35. The summed E-state index contributed by atoms with van der Waals surface area (Å²) in [4.78, 5) is 8.70. The van der Waals surface area contributed by atoms with Gasteiger partial charge in [-0.05, 0) is 18.3 Å². The molecule has 0 aliphatic heterocycles. The Hall–Kier alpha value is -0.790. The monoisotopic (exact) mass is 292 g/mol. The summed E-state index contributed by atoms with van der Waals surface area (Å²) >= 11 is 0. The van der Waals surface area contributed by atoms with Gasteiger partial charge in [0.2, 0.25) is 0 Å². The maximum atomic E-state index is 5.05. The van der Waals surface area contributed by atoms with Crippen LogP contribution in [0, 0.1) is 5.92 Å². The SMILES string of the molecule is CCCCCC(C)(C)c1nc(C(C)C(C)C)[nH]c1C(C)C. The molecular weight excluding hydrogens is 256 g/mol. The number of hydrogen-bond acceptors (Lipinski definition) is 1. The van der Waals surface area contributed by atoms with Crippen LogP contribution < -0.4 is 0 Å². The van der Waals surface area contributed by atoms with Crippen LogP contribution in [-0.4, -0.2) is 9.97 Å². The van der Waals surface area contributed by atoms with E-state index in [1.807, 2.05) is 0 Å². The summed E-state index contributed by atoms with van der Waals surface area (Å²) in [5.41, 5.74) is 2.82. The predicted octanol–water partition coefficient (Wildman–Crippen LogP) is 6.15. The molecule has 0 aromatic carbocycles. The molecule has 1 unspecified atom stereocenters. The number of hydrogen-bond donors (Lipinski definition) is 1. The molecular formula is C19H36N2. The topological polar surface area (TPSA) is 28.7 Å². The second kappa shape index (κ2) is 7.47. The highest BCUT2D eigenvalue weighted by atomic mass is 15.0. The Morgan fingerprint density at radius 2 is 1.67 bits per heavy atom. The Morgan fingerprint density at radius 3 is 2.14 bits per heavy atom. The number of aromatic nitrogens is 2. The van der Waals surface area contributed by atoms with Crippen LogP contribution in [0.3, 0.4) is 0 Å². The van der Waals surface area contributed by atoms with E-state index in [0.29, 0.717) is 17.8 Å². The first-order chi connectivity index (χ1) is 9.70. The molecule has 1 aromatic rings. The number of unbranched alkanes of at least 4 members (excludes halogenated alkanes) is 2. The van der Waals surface area contributed by atoms with E-state index in [9.17, 15) is 0 Å². The molecule has 1 N–H and O–H groups in total. The van der Waals surface area contributed by atoms with Crippen molar-refractivity contribution in [1.82, 2.24) is 9.97 Å². The normalized spacial score (nSPS) is 14.2. The van der Waals surface area contributed by atoms with Gasteiger partial charge in [-0.3, -0.25) is 0 Å². The fraction of sp³-hybridized carbons (Fsp3) is 0.842. The van der Waals surface area contributed by atoms with Crippen molar-refractivity contribution >= 4 is 0 Å². The second-order valence-corrected chi connectivity index (χ2v) is 7.91. The molecule has 0 radical (unpaired) electrons. The first-order valence-corrected chi connectivity index (χ1v) is 8.81. The van der Waals surface area contributed by atoms with Gasteiger partial charge in [0.1, 0.15) is 5.82 Å². The summed E-state index contributed by atoms with van der Waals surface area (Å²) < 4.78 is 0. The van der Waals surface area contributed by atoms with Gasteiger partial charge in [-0.25, -0.2) is 4.98 Å². The molecule has 2 heteroatoms. The minimum absolute atomic E-state index is 0.167. The van der Waals surface area contributed by atoms with Crippen LogP contribution in [0.5, 0.6) is 0 Å². The molecule has 0 saturated carbocycles. The number of nitrogens with zero attached hydrogens (tertiary/aromatic N) is 1. The number of rotatable bonds is 8. The van der Waals surface area contributed by atoms with Gasteiger partial charge in [-0.15, -0.1) is 0 Å². The molecule has 1 rings (SSSR count). The van der Waals surface area contributed by atoms with Crippen molar-refractivity contribution in [1.29, 1.82) is 0 Å². The summed E-state index contributed by atoms with van der Waals surface area (Å²) in [5.74, 6) is 2.79. The van der Waals surface area contributed by atoms with E-state index in [-0.39, 0.29) is 5.41 Å². The average molecular weight is 293 g/mol. The van der Waals surface area contributed by atoms with Crippen molar-refractivity contribution in [3.05, 3.63) is 17.2 Å². The largest absolute Gasteiger partial charge is 0.345 e. The number of imidazole rings is 1. The fourth-order valence-electron chi connectivity index (χ4n) is 2.81. The van der Waals surface area contributed by atoms with E-state index >= 15 is 0 Å². The van der Waals surface area contributed by atoms with Crippen LogP contribution in [-0.2, 0) is 5.41 Å². The van der Waals surface area contributed by atoms with E-state index in [1.165, 1.54) is 42.9 Å². The van der Waals surface area contributed by atoms with E-state index in [4.69, 9.17) is 4.98 Å². The van der Waals surface area contributed by atoms with Crippen LogP contribution in [0.1, 0.15) is 110 Å². The number of nitrogens with one attached hydrogen (secondary N) is 1. The third kappa shape index (κ3) is 4.59. The summed E-state index contributed by atoms with van der Waals surface area (Å²) in [6, 6.07) is 0. The van der Waals surface area contributed by atoms with Gasteiger partial charge in [-0.1, -0.05) is 74.7 Å². The predicted molar refractivity (Wildman–Crippen MR) is 93.1 cm³/mol. The van der Waals surface area contributed by atoms with Crippen molar-refractivity contribution in [3.63, 3.8) is 0 Å². The van der Waals surface area contributed by atoms with Crippen molar-refractivity contribution < 1.29 is 0 Å². The van der Waals surface area contributed by atoms with Crippen molar-refractivity contribution in [2.24, 2.45) is 5.92 Å². The quantitative estimate of drug-likeness (QED) is 0.572. The molecule has 0 amide bonds. The van der Waals surface area contributed by atoms with Gasteiger partial charge < -0.3 is 4.98 Å². The molecule has 0 aliphatic carbocycles. The standard InChI is InChI=1S/C19H36N2/c1-9-10-11-12-19(7,8)17-16(14(4)5)20-18(21-17)15(6)13(2)3/h13-15H,9-12H2,1-8H3,(H,20,21). The highest BCUT2D eigenvalue weighted by molar-refractivity contribution is 5.26. The lowest BCUT2D eigenvalue weighted by Crippen LogP contribution is -2.20. The Bertz CT molecular complexity index is 427. The first-order valence-electron chi connectivity index (χ1n) is 8.81. The Labute approximate surface area is 132 Å². The van der Waals surface area contributed by atoms with Crippen LogP contribution in [0.15, 0.2) is 0 Å². The summed E-state index contributed by atoms with van der Waals surface area (Å²) in [6.45, 7) is 18.3. The number of H-pyrrole nitrogens is 1. The van der Waals surface area contributed by atoms with Crippen LogP contribution in [0.4, 0.5) is 0 Å². The Morgan fingerprint density at radius 1 is 1.05 bits per heavy atom. The van der Waals surface area contributed by atoms with Gasteiger partial charge in [0.05, 0.1) is 5.69 Å². The smallest absolute Gasteiger partial charge is 0.109 e. The van der Waals surface area contributed by atoms with E-state index in [0.717, 1.165) is 0 Å². The minimum Gasteiger partial charge on any atom is -0.345 e. The Kier molecular flexibility index (Phi) is 6.49. The van der Waals surface area contributed by atoms with E-state index in [1.54, 1.807) is 0 Å². The minimum atomic E-state index is 0.167. The molecule has 1 heterocycles. The molecule has 1 aromatic heterocycles. The first kappa shape index (κ1) is 18.3. The highest BCUT2D eigenvalue weighted by Gasteiger charge is 2.29.